The summed E-state index contributed by atoms with van der Waals surface area (Å²) >= 11 is 6.68. The third-order valence-electron chi connectivity index (χ3n) is 8.85. The van der Waals surface area contributed by atoms with Crippen molar-refractivity contribution in [2.75, 3.05) is 0 Å². The summed E-state index contributed by atoms with van der Waals surface area (Å²) in [5, 5.41) is 8.74. The minimum Gasteiger partial charge on any atom is -0.409 e. The molecule has 0 radical (unpaired) electrons. The third-order valence-corrected chi connectivity index (χ3v) is 24.1. The van der Waals surface area contributed by atoms with E-state index in [9.17, 15) is 0 Å². The topological polar surface area (TPSA) is 86.8 Å². The molecule has 0 spiro atoms. The quantitative estimate of drug-likeness (QED) is 0.118. The zero-order valence-electron chi connectivity index (χ0n) is 28.6. The minimum atomic E-state index is -1.82. The number of aliphatic hydroxyl groups is 1. The van der Waals surface area contributed by atoms with Crippen LogP contribution in [-0.4, -0.2) is 40.7 Å². The van der Waals surface area contributed by atoms with Crippen molar-refractivity contribution >= 4 is 48.8 Å². The number of para-hydroxylation sites is 4. The number of hydrogen-bond acceptors (Lipinski definition) is 4. The van der Waals surface area contributed by atoms with Crippen LogP contribution in [0.3, 0.4) is 0 Å². The fourth-order valence-electron chi connectivity index (χ4n) is 6.85. The van der Waals surface area contributed by atoms with E-state index in [-0.39, 0.29) is 6.61 Å². The maximum Gasteiger partial charge on any atom is 0.201 e. The number of aliphatic hydroxyl groups excluding tert-OH is 1. The summed E-state index contributed by atoms with van der Waals surface area (Å²) in [7, 11) is -3.33. The van der Waals surface area contributed by atoms with E-state index in [0.29, 0.717) is 45.7 Å². The summed E-state index contributed by atoms with van der Waals surface area (Å²) in [5.74, 6) is 1.56. The number of nitrogens with one attached hydrogen (secondary N) is 2. The van der Waals surface area contributed by atoms with Crippen LogP contribution in [0, 0.1) is 0 Å². The highest BCUT2D eigenvalue weighted by atomic mass is 35.6. The van der Waals surface area contributed by atoms with Crippen molar-refractivity contribution in [3.05, 3.63) is 60.2 Å². The molecule has 0 unspecified atom stereocenters. The molecule has 4 aromatic rings. The molecule has 0 aliphatic heterocycles. The van der Waals surface area contributed by atoms with E-state index in [2.05, 4.69) is 109 Å². The maximum absolute atomic E-state index is 8.74. The van der Waals surface area contributed by atoms with Crippen LogP contribution in [0.2, 0.25) is 33.2 Å². The Labute approximate surface area is 267 Å². The van der Waals surface area contributed by atoms with Gasteiger partial charge in [0.1, 0.15) is 18.3 Å². The number of benzene rings is 2. The van der Waals surface area contributed by atoms with E-state index in [4.69, 9.17) is 20.6 Å². The van der Waals surface area contributed by atoms with Crippen LogP contribution in [0.4, 0.5) is 0 Å². The van der Waals surface area contributed by atoms with Gasteiger partial charge in [0.15, 0.2) is 7.38 Å². The molecule has 6 nitrogen and oxygen atoms in total. The van der Waals surface area contributed by atoms with Gasteiger partial charge in [-0.2, -0.15) is 11.1 Å². The molecule has 0 saturated heterocycles. The van der Waals surface area contributed by atoms with E-state index in [1.165, 1.54) is 0 Å². The number of aromatic nitrogens is 4. The number of hydrogen-bond donors (Lipinski definition) is 3. The highest BCUT2D eigenvalue weighted by Gasteiger charge is 2.45. The molecule has 0 amide bonds. The summed E-state index contributed by atoms with van der Waals surface area (Å²) < 4.78 is 6.57. The van der Waals surface area contributed by atoms with Crippen molar-refractivity contribution in [1.29, 1.82) is 0 Å². The average molecular weight is 645 g/mol. The SMILES string of the molecule is CC(C)[Si](Cl)(C(C)C)C(C)C.CC(C)[Si](OCc1nc2ccccc2[nH]1)(C(C)C)C(C)C.OCc1nc2ccccc2[nH]1. The van der Waals surface area contributed by atoms with Gasteiger partial charge in [-0.15, -0.1) is 0 Å². The molecule has 0 saturated carbocycles. The molecular weight excluding hydrogens is 588 g/mol. The maximum atomic E-state index is 8.74. The van der Waals surface area contributed by atoms with Crippen LogP contribution in [0.15, 0.2) is 48.5 Å². The molecule has 2 heterocycles. The summed E-state index contributed by atoms with van der Waals surface area (Å²) in [6.07, 6.45) is 0. The van der Waals surface area contributed by atoms with Crippen molar-refractivity contribution < 1.29 is 9.53 Å². The van der Waals surface area contributed by atoms with Gasteiger partial charge >= 0.3 is 0 Å². The first-order valence-electron chi connectivity index (χ1n) is 15.9. The monoisotopic (exact) mass is 644 g/mol. The molecule has 0 fully saturated rings. The average Bonchev–Trinajstić information content (AvgIpc) is 3.56. The number of halogens is 1. The lowest BCUT2D eigenvalue weighted by Crippen LogP contribution is -2.47. The standard InChI is InChI=1S/C17H28N2OSi.C9H21ClSi.C8H8N2O/c1-12(2)21(13(3)4,14(5)6)20-11-17-18-15-9-7-8-10-16(15)19-17;1-7(2)11(10,8(3)4)9(5)6;11-5-8-9-6-3-1-2-4-7(6)10-8/h7-10,12-14H,11H2,1-6H3,(H,18,19);7-9H,1-6H3;1-4,11H,5H2,(H,9,10). The van der Waals surface area contributed by atoms with Crippen LogP contribution in [0.5, 0.6) is 0 Å². The van der Waals surface area contributed by atoms with Gasteiger partial charge in [0.2, 0.25) is 8.32 Å². The second-order valence-corrected chi connectivity index (χ2v) is 26.0. The fourth-order valence-corrected chi connectivity index (χ4v) is 16.2. The van der Waals surface area contributed by atoms with Gasteiger partial charge in [0, 0.05) is 0 Å². The number of nitrogens with zero attached hydrogens (tertiary/aromatic N) is 2. The molecule has 240 valence electrons. The molecule has 3 N–H and O–H groups in total. The molecular formula is C34H57ClN4O2Si2. The lowest BCUT2D eigenvalue weighted by Gasteiger charge is -2.41. The van der Waals surface area contributed by atoms with Crippen LogP contribution in [0.25, 0.3) is 22.1 Å². The molecule has 43 heavy (non-hydrogen) atoms. The van der Waals surface area contributed by atoms with Gasteiger partial charge in [0.25, 0.3) is 0 Å². The number of H-pyrrole nitrogens is 2. The Hall–Kier alpha value is -1.98. The molecule has 0 atom stereocenters. The van der Waals surface area contributed by atoms with E-state index < -0.39 is 15.7 Å². The lowest BCUT2D eigenvalue weighted by atomic mass is 10.3. The normalized spacial score (nSPS) is 12.6. The number of imidazole rings is 2. The predicted molar refractivity (Wildman–Crippen MR) is 191 cm³/mol. The molecule has 2 aromatic heterocycles. The van der Waals surface area contributed by atoms with Crippen LogP contribution < -0.4 is 0 Å². The summed E-state index contributed by atoms with van der Waals surface area (Å²) in [5.41, 5.74) is 7.82. The van der Waals surface area contributed by atoms with E-state index in [1.54, 1.807) is 0 Å². The molecule has 4 rings (SSSR count). The Morgan fingerprint density at radius 1 is 0.628 bits per heavy atom. The largest absolute Gasteiger partial charge is 0.409 e. The van der Waals surface area contributed by atoms with Crippen molar-refractivity contribution in [3.8, 4) is 0 Å². The van der Waals surface area contributed by atoms with Gasteiger partial charge in [-0.1, -0.05) is 107 Å². The van der Waals surface area contributed by atoms with Crippen molar-refractivity contribution in [3.63, 3.8) is 0 Å². The summed E-state index contributed by atoms with van der Waals surface area (Å²) in [6, 6.07) is 15.8. The minimum absolute atomic E-state index is 0.0331. The highest BCUT2D eigenvalue weighted by molar-refractivity contribution is 7.22. The van der Waals surface area contributed by atoms with Crippen LogP contribution >= 0.6 is 11.1 Å². The van der Waals surface area contributed by atoms with Crippen molar-refractivity contribution in [1.82, 2.24) is 19.9 Å². The van der Waals surface area contributed by atoms with Crippen LogP contribution in [-0.2, 0) is 17.6 Å². The van der Waals surface area contributed by atoms with Gasteiger partial charge in [-0.3, -0.25) is 0 Å². The first kappa shape index (κ1) is 37.2. The Balaban J connectivity index is 0.000000247. The predicted octanol–water partition coefficient (Wildman–Crippen LogP) is 10.7. The second-order valence-electron chi connectivity index (χ2n) is 13.5. The van der Waals surface area contributed by atoms with Crippen LogP contribution in [0.1, 0.15) is 94.7 Å². The zero-order chi connectivity index (χ0) is 32.5. The van der Waals surface area contributed by atoms with Gasteiger partial charge in [0.05, 0.1) is 28.7 Å². The van der Waals surface area contributed by atoms with E-state index in [1.807, 2.05) is 42.5 Å². The van der Waals surface area contributed by atoms with Crippen molar-refractivity contribution in [2.24, 2.45) is 0 Å². The van der Waals surface area contributed by atoms with Gasteiger partial charge in [-0.25, -0.2) is 9.97 Å². The Kier molecular flexibility index (Phi) is 14.2. The first-order valence-corrected chi connectivity index (χ1v) is 21.3. The molecule has 0 bridgehead atoms. The summed E-state index contributed by atoms with van der Waals surface area (Å²) in [4.78, 5) is 15.1. The second kappa shape index (κ2) is 16.4. The van der Waals surface area contributed by atoms with E-state index in [0.717, 1.165) is 27.9 Å². The van der Waals surface area contributed by atoms with Crippen molar-refractivity contribution in [2.45, 2.75) is 130 Å². The lowest BCUT2D eigenvalue weighted by molar-refractivity contribution is 0.258. The van der Waals surface area contributed by atoms with E-state index >= 15 is 0 Å². The molecule has 0 aliphatic carbocycles. The Bertz CT molecular complexity index is 1270. The van der Waals surface area contributed by atoms with Gasteiger partial charge < -0.3 is 19.5 Å². The zero-order valence-corrected chi connectivity index (χ0v) is 31.4. The molecule has 9 heteroatoms. The Morgan fingerprint density at radius 2 is 1.00 bits per heavy atom. The number of aromatic amines is 2. The molecule has 2 aromatic carbocycles. The fraction of sp³-hybridized carbons (Fsp3) is 0.588. The molecule has 0 aliphatic rings. The smallest absolute Gasteiger partial charge is 0.201 e. The Morgan fingerprint density at radius 3 is 1.33 bits per heavy atom. The number of fused-ring (bicyclic) bond motifs is 2. The summed E-state index contributed by atoms with van der Waals surface area (Å²) in [6.45, 7) is 28.0. The number of rotatable bonds is 10. The third kappa shape index (κ3) is 9.04. The highest BCUT2D eigenvalue weighted by Crippen LogP contribution is 2.44. The first-order chi connectivity index (χ1) is 20.1. The van der Waals surface area contributed by atoms with Gasteiger partial charge in [-0.05, 0) is 57.5 Å².